The van der Waals surface area contributed by atoms with Crippen LogP contribution in [0.4, 0.5) is 0 Å². The summed E-state index contributed by atoms with van der Waals surface area (Å²) >= 11 is 11.2. The van der Waals surface area contributed by atoms with E-state index < -0.39 is 0 Å². The first kappa shape index (κ1) is 7.64. The number of likely N-dealkylation sites (tertiary alicyclic amines) is 1. The quantitative estimate of drug-likeness (QED) is 0.569. The van der Waals surface area contributed by atoms with Gasteiger partial charge in [0.2, 0.25) is 0 Å². The molecule has 0 saturated carbocycles. The fourth-order valence-electron chi connectivity index (χ4n) is 1.16. The lowest BCUT2D eigenvalue weighted by Gasteiger charge is -2.13. The van der Waals surface area contributed by atoms with E-state index in [-0.39, 0.29) is 4.84 Å². The van der Waals surface area contributed by atoms with E-state index in [9.17, 15) is 0 Å². The van der Waals surface area contributed by atoms with Crippen LogP contribution in [0.3, 0.4) is 0 Å². The van der Waals surface area contributed by atoms with Crippen molar-refractivity contribution in [1.82, 2.24) is 4.90 Å². The molecule has 1 saturated heterocycles. The van der Waals surface area contributed by atoms with E-state index >= 15 is 0 Å². The van der Waals surface area contributed by atoms with E-state index in [0.717, 1.165) is 6.54 Å². The molecule has 1 nitrogen and oxygen atoms in total. The lowest BCUT2D eigenvalue weighted by molar-refractivity contribution is 0.354. The summed E-state index contributed by atoms with van der Waals surface area (Å²) in [5.74, 6) is 0. The molecule has 1 fully saturated rings. The molecule has 0 aromatic heterocycles. The van der Waals surface area contributed by atoms with Gasteiger partial charge >= 0.3 is 0 Å². The van der Waals surface area contributed by atoms with Crippen LogP contribution in [0.25, 0.3) is 0 Å². The molecule has 0 aliphatic carbocycles. The topological polar surface area (TPSA) is 3.24 Å². The molecular weight excluding hydrogens is 157 g/mol. The van der Waals surface area contributed by atoms with Crippen LogP contribution in [0.2, 0.25) is 0 Å². The molecule has 0 atom stereocenters. The standard InChI is InChI=1S/C6H11Cl2N/c7-6(8)5-9-3-1-2-4-9/h6H,1-5H2. The summed E-state index contributed by atoms with van der Waals surface area (Å²) in [5.41, 5.74) is 0. The summed E-state index contributed by atoms with van der Waals surface area (Å²) < 4.78 is 0. The largest absolute Gasteiger partial charge is 0.301 e. The van der Waals surface area contributed by atoms with Gasteiger partial charge in [-0.05, 0) is 25.9 Å². The van der Waals surface area contributed by atoms with Gasteiger partial charge in [0.15, 0.2) is 0 Å². The molecule has 0 unspecified atom stereocenters. The smallest absolute Gasteiger partial charge is 0.120 e. The molecular formula is C6H11Cl2N. The lowest BCUT2D eigenvalue weighted by atomic mass is 10.4. The molecule has 1 heterocycles. The van der Waals surface area contributed by atoms with Crippen molar-refractivity contribution in [2.45, 2.75) is 17.7 Å². The fourth-order valence-corrected chi connectivity index (χ4v) is 1.55. The van der Waals surface area contributed by atoms with Crippen molar-refractivity contribution in [2.75, 3.05) is 19.6 Å². The number of alkyl halides is 2. The van der Waals surface area contributed by atoms with E-state index in [1.165, 1.54) is 25.9 Å². The van der Waals surface area contributed by atoms with Crippen LogP contribution < -0.4 is 0 Å². The molecule has 0 radical (unpaired) electrons. The maximum absolute atomic E-state index is 5.58. The van der Waals surface area contributed by atoms with E-state index in [1.807, 2.05) is 0 Å². The molecule has 1 aliphatic rings. The summed E-state index contributed by atoms with van der Waals surface area (Å²) in [5, 5.41) is 0. The second-order valence-corrected chi connectivity index (χ2v) is 3.68. The van der Waals surface area contributed by atoms with Gasteiger partial charge < -0.3 is 4.90 Å². The SMILES string of the molecule is ClC(Cl)CN1CCCC1. The molecule has 0 bridgehead atoms. The minimum absolute atomic E-state index is 0.205. The van der Waals surface area contributed by atoms with Gasteiger partial charge in [-0.1, -0.05) is 0 Å². The average Bonchev–Trinajstić information content (AvgIpc) is 2.15. The van der Waals surface area contributed by atoms with Crippen molar-refractivity contribution >= 4 is 23.2 Å². The van der Waals surface area contributed by atoms with E-state index in [1.54, 1.807) is 0 Å². The van der Waals surface area contributed by atoms with E-state index in [4.69, 9.17) is 23.2 Å². The Kier molecular flexibility index (Phi) is 3.10. The molecule has 0 N–H and O–H groups in total. The van der Waals surface area contributed by atoms with Gasteiger partial charge in [0.1, 0.15) is 4.84 Å². The molecule has 54 valence electrons. The molecule has 0 aromatic rings. The second-order valence-electron chi connectivity index (χ2n) is 2.40. The highest BCUT2D eigenvalue weighted by Gasteiger charge is 2.13. The third-order valence-electron chi connectivity index (χ3n) is 1.59. The van der Waals surface area contributed by atoms with Crippen LogP contribution in [-0.4, -0.2) is 29.4 Å². The summed E-state index contributed by atoms with van der Waals surface area (Å²) in [7, 11) is 0. The van der Waals surface area contributed by atoms with Crippen molar-refractivity contribution in [3.8, 4) is 0 Å². The maximum Gasteiger partial charge on any atom is 0.120 e. The first-order chi connectivity index (χ1) is 4.29. The normalized spacial score (nSPS) is 21.7. The lowest BCUT2D eigenvalue weighted by Crippen LogP contribution is -2.24. The zero-order valence-corrected chi connectivity index (χ0v) is 6.83. The Hall–Kier alpha value is 0.540. The van der Waals surface area contributed by atoms with Gasteiger partial charge in [-0.25, -0.2) is 0 Å². The summed E-state index contributed by atoms with van der Waals surface area (Å²) in [6.45, 7) is 3.19. The fraction of sp³-hybridized carbons (Fsp3) is 1.00. The van der Waals surface area contributed by atoms with E-state index in [0.29, 0.717) is 0 Å². The van der Waals surface area contributed by atoms with Crippen molar-refractivity contribution in [3.05, 3.63) is 0 Å². The number of hydrogen-bond donors (Lipinski definition) is 0. The number of hydrogen-bond acceptors (Lipinski definition) is 1. The van der Waals surface area contributed by atoms with Gasteiger partial charge in [0.05, 0.1) is 0 Å². The monoisotopic (exact) mass is 167 g/mol. The van der Waals surface area contributed by atoms with Gasteiger partial charge in [-0.2, -0.15) is 0 Å². The van der Waals surface area contributed by atoms with Crippen LogP contribution in [0.15, 0.2) is 0 Å². The Morgan fingerprint density at radius 3 is 2.22 bits per heavy atom. The highest BCUT2D eigenvalue weighted by Crippen LogP contribution is 2.11. The van der Waals surface area contributed by atoms with Crippen LogP contribution in [0.5, 0.6) is 0 Å². The highest BCUT2D eigenvalue weighted by molar-refractivity contribution is 6.44. The van der Waals surface area contributed by atoms with Gasteiger partial charge in [0, 0.05) is 6.54 Å². The third-order valence-corrected chi connectivity index (χ3v) is 1.87. The van der Waals surface area contributed by atoms with Crippen LogP contribution in [-0.2, 0) is 0 Å². The molecule has 1 rings (SSSR count). The van der Waals surface area contributed by atoms with Gasteiger partial charge in [-0.3, -0.25) is 0 Å². The Bertz CT molecular complexity index is 79.1. The predicted molar refractivity (Wildman–Crippen MR) is 41.2 cm³/mol. The number of halogens is 2. The molecule has 0 spiro atoms. The van der Waals surface area contributed by atoms with Crippen molar-refractivity contribution in [3.63, 3.8) is 0 Å². The molecule has 0 amide bonds. The summed E-state index contributed by atoms with van der Waals surface area (Å²) in [6, 6.07) is 0. The third kappa shape index (κ3) is 2.74. The van der Waals surface area contributed by atoms with Crippen molar-refractivity contribution < 1.29 is 0 Å². The maximum atomic E-state index is 5.58. The number of nitrogens with zero attached hydrogens (tertiary/aromatic N) is 1. The Balaban J connectivity index is 2.11. The first-order valence-corrected chi connectivity index (χ1v) is 4.17. The van der Waals surface area contributed by atoms with E-state index in [2.05, 4.69) is 4.90 Å². The van der Waals surface area contributed by atoms with Crippen molar-refractivity contribution in [2.24, 2.45) is 0 Å². The van der Waals surface area contributed by atoms with Gasteiger partial charge in [0.25, 0.3) is 0 Å². The Labute approximate surface area is 65.9 Å². The molecule has 9 heavy (non-hydrogen) atoms. The molecule has 0 aromatic carbocycles. The highest BCUT2D eigenvalue weighted by atomic mass is 35.5. The predicted octanol–water partition coefficient (Wildman–Crippen LogP) is 1.89. The first-order valence-electron chi connectivity index (χ1n) is 3.29. The van der Waals surface area contributed by atoms with Crippen LogP contribution in [0.1, 0.15) is 12.8 Å². The second kappa shape index (κ2) is 3.65. The van der Waals surface area contributed by atoms with Crippen LogP contribution >= 0.6 is 23.2 Å². The molecule has 1 aliphatic heterocycles. The van der Waals surface area contributed by atoms with Crippen LogP contribution in [0, 0.1) is 0 Å². The summed E-state index contributed by atoms with van der Waals surface area (Å²) in [4.78, 5) is 2.09. The minimum atomic E-state index is -0.205. The Morgan fingerprint density at radius 2 is 1.78 bits per heavy atom. The molecule has 3 heteroatoms. The Morgan fingerprint density at radius 1 is 1.22 bits per heavy atom. The summed E-state index contributed by atoms with van der Waals surface area (Å²) in [6.07, 6.45) is 2.61. The van der Waals surface area contributed by atoms with Gasteiger partial charge in [-0.15, -0.1) is 23.2 Å². The number of rotatable bonds is 2. The minimum Gasteiger partial charge on any atom is -0.301 e. The zero-order valence-electron chi connectivity index (χ0n) is 5.32. The van der Waals surface area contributed by atoms with Crippen molar-refractivity contribution in [1.29, 1.82) is 0 Å². The zero-order chi connectivity index (χ0) is 6.69. The average molecular weight is 168 g/mol.